The van der Waals surface area contributed by atoms with E-state index in [0.29, 0.717) is 6.42 Å². The lowest BCUT2D eigenvalue weighted by molar-refractivity contribution is -0.116. The van der Waals surface area contributed by atoms with Crippen LogP contribution in [0.2, 0.25) is 0 Å². The van der Waals surface area contributed by atoms with Crippen molar-refractivity contribution in [2.45, 2.75) is 36.8 Å². The molecule has 0 radical (unpaired) electrons. The van der Waals surface area contributed by atoms with Crippen LogP contribution in [0.4, 0.5) is 11.4 Å². The smallest absolute Gasteiger partial charge is 0.237 e. The van der Waals surface area contributed by atoms with Crippen LogP contribution in [0.1, 0.15) is 26.7 Å². The van der Waals surface area contributed by atoms with E-state index in [-0.39, 0.29) is 17.1 Å². The Bertz CT molecular complexity index is 734. The highest BCUT2D eigenvalue weighted by Gasteiger charge is 2.15. The number of anilines is 2. The Morgan fingerprint density at radius 1 is 1.08 bits per heavy atom. The van der Waals surface area contributed by atoms with Gasteiger partial charge in [0.05, 0.1) is 10.9 Å². The van der Waals surface area contributed by atoms with Gasteiger partial charge in [-0.1, -0.05) is 19.1 Å². The molecule has 2 aromatic carbocycles. The van der Waals surface area contributed by atoms with Crippen molar-refractivity contribution in [3.63, 3.8) is 0 Å². The van der Waals surface area contributed by atoms with Crippen molar-refractivity contribution in [2.75, 3.05) is 10.6 Å². The molecule has 4 nitrogen and oxygen atoms in total. The molecule has 1 unspecified atom stereocenters. The van der Waals surface area contributed by atoms with Crippen LogP contribution in [0, 0.1) is 0 Å². The molecule has 0 aliphatic carbocycles. The topological polar surface area (TPSA) is 58.2 Å². The first-order valence-corrected chi connectivity index (χ1v) is 9.79. The van der Waals surface area contributed by atoms with E-state index in [2.05, 4.69) is 26.6 Å². The van der Waals surface area contributed by atoms with Crippen LogP contribution in [-0.2, 0) is 9.59 Å². The van der Waals surface area contributed by atoms with Crippen molar-refractivity contribution in [3.05, 3.63) is 53.0 Å². The maximum Gasteiger partial charge on any atom is 0.237 e. The van der Waals surface area contributed by atoms with Crippen molar-refractivity contribution in [1.29, 1.82) is 0 Å². The first-order chi connectivity index (χ1) is 12.0. The van der Waals surface area contributed by atoms with Gasteiger partial charge in [0.25, 0.3) is 0 Å². The molecular weight excluding hydrogens is 400 g/mol. The van der Waals surface area contributed by atoms with E-state index in [0.717, 1.165) is 27.2 Å². The molecule has 2 N–H and O–H groups in total. The van der Waals surface area contributed by atoms with Gasteiger partial charge in [0, 0.05) is 21.5 Å². The highest BCUT2D eigenvalue weighted by atomic mass is 79.9. The summed E-state index contributed by atoms with van der Waals surface area (Å²) >= 11 is 4.90. The summed E-state index contributed by atoms with van der Waals surface area (Å²) in [7, 11) is 0. The molecule has 0 aliphatic heterocycles. The Morgan fingerprint density at radius 3 is 2.40 bits per heavy atom. The molecule has 6 heteroatoms. The molecule has 1 atom stereocenters. The number of thioether (sulfide) groups is 1. The number of para-hydroxylation sites is 1. The predicted octanol–water partition coefficient (Wildman–Crippen LogP) is 5.31. The number of benzene rings is 2. The standard InChI is InChI=1S/C19H21BrN2O2S/c1-3-6-18(23)21-14-9-11-15(12-10-14)25-13(2)19(24)22-17-8-5-4-7-16(17)20/h4-5,7-13H,3,6H2,1-2H3,(H,21,23)(H,22,24). The number of carbonyl (C=O) groups excluding carboxylic acids is 2. The Hall–Kier alpha value is -1.79. The number of carbonyl (C=O) groups is 2. The van der Waals surface area contributed by atoms with Crippen LogP contribution in [0.15, 0.2) is 57.9 Å². The van der Waals surface area contributed by atoms with E-state index in [9.17, 15) is 9.59 Å². The van der Waals surface area contributed by atoms with Crippen LogP contribution in [0.5, 0.6) is 0 Å². The van der Waals surface area contributed by atoms with Gasteiger partial charge in [-0.05, 0) is 65.7 Å². The second-order valence-electron chi connectivity index (χ2n) is 5.55. The third-order valence-electron chi connectivity index (χ3n) is 3.43. The molecule has 25 heavy (non-hydrogen) atoms. The van der Waals surface area contributed by atoms with Gasteiger partial charge in [-0.15, -0.1) is 11.8 Å². The van der Waals surface area contributed by atoms with Crippen LogP contribution >= 0.6 is 27.7 Å². The molecule has 2 aromatic rings. The van der Waals surface area contributed by atoms with Crippen LogP contribution in [0.3, 0.4) is 0 Å². The number of nitrogens with one attached hydrogen (secondary N) is 2. The van der Waals surface area contributed by atoms with Gasteiger partial charge in [-0.25, -0.2) is 0 Å². The van der Waals surface area contributed by atoms with Crippen molar-refractivity contribution in [2.24, 2.45) is 0 Å². The van der Waals surface area contributed by atoms with Gasteiger partial charge < -0.3 is 10.6 Å². The largest absolute Gasteiger partial charge is 0.326 e. The van der Waals surface area contributed by atoms with Crippen LogP contribution in [0.25, 0.3) is 0 Å². The molecule has 2 amide bonds. The maximum absolute atomic E-state index is 12.3. The van der Waals surface area contributed by atoms with Gasteiger partial charge in [-0.3, -0.25) is 9.59 Å². The predicted molar refractivity (Wildman–Crippen MR) is 108 cm³/mol. The van der Waals surface area contributed by atoms with E-state index in [1.165, 1.54) is 11.8 Å². The van der Waals surface area contributed by atoms with E-state index < -0.39 is 0 Å². The van der Waals surface area contributed by atoms with Crippen molar-refractivity contribution < 1.29 is 9.59 Å². The molecule has 132 valence electrons. The lowest BCUT2D eigenvalue weighted by atomic mass is 10.3. The van der Waals surface area contributed by atoms with E-state index in [1.807, 2.05) is 62.4 Å². The second-order valence-corrected chi connectivity index (χ2v) is 7.82. The SMILES string of the molecule is CCCC(=O)Nc1ccc(SC(C)C(=O)Nc2ccccc2Br)cc1. The molecule has 0 aromatic heterocycles. The number of amides is 2. The van der Waals surface area contributed by atoms with E-state index in [4.69, 9.17) is 0 Å². The quantitative estimate of drug-likeness (QED) is 0.596. The average Bonchev–Trinajstić information content (AvgIpc) is 2.59. The highest BCUT2D eigenvalue weighted by molar-refractivity contribution is 9.10. The Kier molecular flexibility index (Phi) is 7.52. The molecule has 0 spiro atoms. The monoisotopic (exact) mass is 420 g/mol. The molecule has 0 saturated carbocycles. The number of halogens is 1. The molecule has 0 heterocycles. The molecule has 2 rings (SSSR count). The van der Waals surface area contributed by atoms with Gasteiger partial charge in [-0.2, -0.15) is 0 Å². The lowest BCUT2D eigenvalue weighted by Gasteiger charge is -2.13. The molecule has 0 aliphatic rings. The summed E-state index contributed by atoms with van der Waals surface area (Å²) in [4.78, 5) is 24.9. The van der Waals surface area contributed by atoms with Crippen molar-refractivity contribution in [3.8, 4) is 0 Å². The molecule has 0 bridgehead atoms. The fourth-order valence-corrected chi connectivity index (χ4v) is 3.37. The third kappa shape index (κ3) is 6.21. The second kappa shape index (κ2) is 9.63. The number of hydrogen-bond donors (Lipinski definition) is 2. The Balaban J connectivity index is 1.91. The minimum atomic E-state index is -0.243. The summed E-state index contributed by atoms with van der Waals surface area (Å²) in [6, 6.07) is 15.1. The third-order valence-corrected chi connectivity index (χ3v) is 5.23. The van der Waals surface area contributed by atoms with Crippen LogP contribution < -0.4 is 10.6 Å². The normalized spacial score (nSPS) is 11.6. The van der Waals surface area contributed by atoms with Crippen LogP contribution in [-0.4, -0.2) is 17.1 Å². The first kappa shape index (κ1) is 19.5. The van der Waals surface area contributed by atoms with Crippen molar-refractivity contribution in [1.82, 2.24) is 0 Å². The lowest BCUT2D eigenvalue weighted by Crippen LogP contribution is -2.22. The van der Waals surface area contributed by atoms with Gasteiger partial charge >= 0.3 is 0 Å². The first-order valence-electron chi connectivity index (χ1n) is 8.11. The average molecular weight is 421 g/mol. The summed E-state index contributed by atoms with van der Waals surface area (Å²) in [5.41, 5.74) is 1.53. The highest BCUT2D eigenvalue weighted by Crippen LogP contribution is 2.27. The van der Waals surface area contributed by atoms with Crippen molar-refractivity contribution >= 4 is 50.9 Å². The van der Waals surface area contributed by atoms with E-state index >= 15 is 0 Å². The van der Waals surface area contributed by atoms with Gasteiger partial charge in [0.2, 0.25) is 11.8 Å². The van der Waals surface area contributed by atoms with Gasteiger partial charge in [0.15, 0.2) is 0 Å². The summed E-state index contributed by atoms with van der Waals surface area (Å²) in [5, 5.41) is 5.53. The number of hydrogen-bond acceptors (Lipinski definition) is 3. The molecule has 0 fully saturated rings. The summed E-state index contributed by atoms with van der Waals surface area (Å²) in [6.45, 7) is 3.84. The Morgan fingerprint density at radius 2 is 1.76 bits per heavy atom. The number of rotatable bonds is 7. The summed E-state index contributed by atoms with van der Waals surface area (Å²) in [6.07, 6.45) is 1.34. The molecule has 0 saturated heterocycles. The minimum absolute atomic E-state index is 0.0177. The molecular formula is C19H21BrN2O2S. The fraction of sp³-hybridized carbons (Fsp3) is 0.263. The Labute approximate surface area is 160 Å². The zero-order chi connectivity index (χ0) is 18.2. The maximum atomic E-state index is 12.3. The van der Waals surface area contributed by atoms with E-state index in [1.54, 1.807) is 0 Å². The minimum Gasteiger partial charge on any atom is -0.326 e. The summed E-state index contributed by atoms with van der Waals surface area (Å²) < 4.78 is 0.854. The zero-order valence-electron chi connectivity index (χ0n) is 14.2. The van der Waals surface area contributed by atoms with Gasteiger partial charge in [0.1, 0.15) is 0 Å². The zero-order valence-corrected chi connectivity index (χ0v) is 16.6. The summed E-state index contributed by atoms with van der Waals surface area (Å²) in [5.74, 6) is -0.0405. The fourth-order valence-electron chi connectivity index (χ4n) is 2.12.